The number of nitrogens with zero attached hydrogens (tertiary/aromatic N) is 1. The zero-order valence-corrected chi connectivity index (χ0v) is 15.3. The average Bonchev–Trinajstić information content (AvgIpc) is 3.00. The van der Waals surface area contributed by atoms with E-state index in [0.29, 0.717) is 16.3 Å². The number of benzene rings is 1. The van der Waals surface area contributed by atoms with Gasteiger partial charge in [0, 0.05) is 29.2 Å². The fourth-order valence-corrected chi connectivity index (χ4v) is 5.21. The predicted octanol–water partition coefficient (Wildman–Crippen LogP) is 3.55. The molecule has 7 heteroatoms. The third-order valence-electron chi connectivity index (χ3n) is 4.03. The molecule has 2 aromatic rings. The smallest absolute Gasteiger partial charge is 0.271 e. The van der Waals surface area contributed by atoms with E-state index in [0.717, 1.165) is 35.5 Å². The van der Waals surface area contributed by atoms with Gasteiger partial charge in [-0.25, -0.2) is 8.42 Å². The Morgan fingerprint density at radius 3 is 2.75 bits per heavy atom. The van der Waals surface area contributed by atoms with Crippen molar-refractivity contribution in [3.63, 3.8) is 0 Å². The first-order valence-corrected chi connectivity index (χ1v) is 10.2. The first-order chi connectivity index (χ1) is 11.4. The van der Waals surface area contributed by atoms with Crippen molar-refractivity contribution < 1.29 is 13.2 Å². The molecule has 128 valence electrons. The van der Waals surface area contributed by atoms with E-state index in [1.54, 1.807) is 23.1 Å². The zero-order chi connectivity index (χ0) is 17.3. The molecule has 0 bridgehead atoms. The molecule has 0 unspecified atom stereocenters. The van der Waals surface area contributed by atoms with Crippen molar-refractivity contribution >= 4 is 38.6 Å². The molecule has 0 aliphatic carbocycles. The molecule has 0 saturated carbocycles. The number of carbonyl (C=O) groups is 1. The number of hydrogen-bond donors (Lipinski definition) is 1. The largest absolute Gasteiger partial charge is 0.312 e. The highest BCUT2D eigenvalue weighted by molar-refractivity contribution is 7.94. The van der Waals surface area contributed by atoms with Crippen molar-refractivity contribution in [3.8, 4) is 0 Å². The Balaban J connectivity index is 1.88. The third-order valence-corrected chi connectivity index (χ3v) is 6.91. The zero-order valence-electron chi connectivity index (χ0n) is 13.7. The number of rotatable bonds is 4. The Morgan fingerprint density at radius 1 is 1.29 bits per heavy atom. The summed E-state index contributed by atoms with van der Waals surface area (Å²) in [6.45, 7) is 4.45. The maximum absolute atomic E-state index is 12.4. The average molecular weight is 364 g/mol. The second kappa shape index (κ2) is 6.57. The summed E-state index contributed by atoms with van der Waals surface area (Å²) >= 11 is 1.25. The lowest BCUT2D eigenvalue weighted by Crippen LogP contribution is -2.34. The number of amides is 1. The van der Waals surface area contributed by atoms with Crippen LogP contribution < -0.4 is 9.62 Å². The Morgan fingerprint density at radius 2 is 2.08 bits per heavy atom. The number of sulfonamides is 1. The molecule has 3 rings (SSSR count). The van der Waals surface area contributed by atoms with Gasteiger partial charge in [-0.15, -0.1) is 11.3 Å². The van der Waals surface area contributed by atoms with Crippen molar-refractivity contribution in [1.82, 2.24) is 0 Å². The van der Waals surface area contributed by atoms with Gasteiger partial charge in [0.25, 0.3) is 10.0 Å². The molecule has 0 saturated heterocycles. The molecule has 1 aromatic carbocycles. The van der Waals surface area contributed by atoms with Gasteiger partial charge < -0.3 is 4.90 Å². The van der Waals surface area contributed by atoms with Crippen LogP contribution in [0.1, 0.15) is 30.2 Å². The normalized spacial score (nSPS) is 14.3. The number of thiophene rings is 1. The second-order valence-electron chi connectivity index (χ2n) is 5.82. The van der Waals surface area contributed by atoms with Gasteiger partial charge in [0.15, 0.2) is 0 Å². The molecule has 24 heavy (non-hydrogen) atoms. The molecule has 2 heterocycles. The molecule has 0 radical (unpaired) electrons. The molecule has 1 aliphatic rings. The van der Waals surface area contributed by atoms with Gasteiger partial charge in [-0.2, -0.15) is 0 Å². The number of nitrogens with one attached hydrogen (secondary N) is 1. The minimum absolute atomic E-state index is 0.0957. The Hall–Kier alpha value is -1.86. The lowest BCUT2D eigenvalue weighted by atomic mass is 10.0. The monoisotopic (exact) mass is 364 g/mol. The molecule has 5 nitrogen and oxygen atoms in total. The maximum atomic E-state index is 12.4. The van der Waals surface area contributed by atoms with Crippen molar-refractivity contribution in [3.05, 3.63) is 40.8 Å². The van der Waals surface area contributed by atoms with Crippen LogP contribution in [-0.2, 0) is 21.2 Å². The summed E-state index contributed by atoms with van der Waals surface area (Å²) < 4.78 is 27.8. The standard InChI is InChI=1S/C17H20N2O3S2/c1-3-16(20)19-10-4-5-13-11-14(7-8-15(13)19)18-24(21,22)17-9-6-12(2)23-17/h6-9,11,18H,3-5,10H2,1-2H3. The Kier molecular flexibility index (Phi) is 4.64. The van der Waals surface area contributed by atoms with Crippen LogP contribution in [-0.4, -0.2) is 20.9 Å². The summed E-state index contributed by atoms with van der Waals surface area (Å²) in [5.41, 5.74) is 2.43. The molecule has 0 atom stereocenters. The summed E-state index contributed by atoms with van der Waals surface area (Å²) in [5.74, 6) is 0.0957. The van der Waals surface area contributed by atoms with E-state index in [9.17, 15) is 13.2 Å². The molecular formula is C17H20N2O3S2. The molecule has 1 N–H and O–H groups in total. The highest BCUT2D eigenvalue weighted by atomic mass is 32.2. The van der Waals surface area contributed by atoms with E-state index in [4.69, 9.17) is 0 Å². The molecule has 1 aromatic heterocycles. The lowest BCUT2D eigenvalue weighted by molar-refractivity contribution is -0.118. The predicted molar refractivity (Wildman–Crippen MR) is 97.3 cm³/mol. The maximum Gasteiger partial charge on any atom is 0.271 e. The van der Waals surface area contributed by atoms with E-state index < -0.39 is 10.0 Å². The summed E-state index contributed by atoms with van der Waals surface area (Å²) in [6, 6.07) is 8.79. The van der Waals surface area contributed by atoms with E-state index in [-0.39, 0.29) is 5.91 Å². The first-order valence-electron chi connectivity index (χ1n) is 7.93. The van der Waals surface area contributed by atoms with E-state index in [2.05, 4.69) is 4.72 Å². The van der Waals surface area contributed by atoms with Crippen molar-refractivity contribution in [2.24, 2.45) is 0 Å². The van der Waals surface area contributed by atoms with E-state index in [1.807, 2.05) is 26.0 Å². The number of hydrogen-bond acceptors (Lipinski definition) is 4. The summed E-state index contributed by atoms with van der Waals surface area (Å²) in [7, 11) is -3.57. The Bertz CT molecular complexity index is 872. The highest BCUT2D eigenvalue weighted by Gasteiger charge is 2.23. The number of carbonyl (C=O) groups excluding carboxylic acids is 1. The van der Waals surface area contributed by atoms with E-state index >= 15 is 0 Å². The quantitative estimate of drug-likeness (QED) is 0.902. The minimum atomic E-state index is -3.57. The van der Waals surface area contributed by atoms with Crippen LogP contribution in [0.3, 0.4) is 0 Å². The van der Waals surface area contributed by atoms with Crippen LogP contribution in [0.25, 0.3) is 0 Å². The molecule has 0 fully saturated rings. The molecule has 1 amide bonds. The van der Waals surface area contributed by atoms with Crippen LogP contribution in [0.15, 0.2) is 34.5 Å². The number of aryl methyl sites for hydroxylation is 2. The summed E-state index contributed by atoms with van der Waals surface area (Å²) in [5, 5.41) is 0. The number of anilines is 2. The second-order valence-corrected chi connectivity index (χ2v) is 9.01. The lowest BCUT2D eigenvalue weighted by Gasteiger charge is -2.29. The van der Waals surface area contributed by atoms with E-state index in [1.165, 1.54) is 11.3 Å². The van der Waals surface area contributed by atoms with Gasteiger partial charge in [-0.3, -0.25) is 9.52 Å². The summed E-state index contributed by atoms with van der Waals surface area (Å²) in [6.07, 6.45) is 2.20. The van der Waals surface area contributed by atoms with Crippen molar-refractivity contribution in [2.45, 2.75) is 37.3 Å². The SMILES string of the molecule is CCC(=O)N1CCCc2cc(NS(=O)(=O)c3ccc(C)s3)ccc21. The fraction of sp³-hybridized carbons (Fsp3) is 0.353. The van der Waals surface area contributed by atoms with Crippen LogP contribution in [0.5, 0.6) is 0 Å². The third kappa shape index (κ3) is 3.32. The highest BCUT2D eigenvalue weighted by Crippen LogP contribution is 2.31. The molecular weight excluding hydrogens is 344 g/mol. The van der Waals surface area contributed by atoms with Crippen LogP contribution >= 0.6 is 11.3 Å². The molecule has 0 spiro atoms. The summed E-state index contributed by atoms with van der Waals surface area (Å²) in [4.78, 5) is 14.8. The van der Waals surface area contributed by atoms with Gasteiger partial charge in [0.2, 0.25) is 5.91 Å². The van der Waals surface area contributed by atoms with Crippen LogP contribution in [0.4, 0.5) is 11.4 Å². The van der Waals surface area contributed by atoms with Gasteiger partial charge in [-0.05, 0) is 55.7 Å². The van der Waals surface area contributed by atoms with Gasteiger partial charge in [-0.1, -0.05) is 6.92 Å². The topological polar surface area (TPSA) is 66.5 Å². The Labute approximate surface area is 146 Å². The van der Waals surface area contributed by atoms with Crippen LogP contribution in [0.2, 0.25) is 0 Å². The van der Waals surface area contributed by atoms with Gasteiger partial charge in [0.05, 0.1) is 0 Å². The minimum Gasteiger partial charge on any atom is -0.312 e. The van der Waals surface area contributed by atoms with Crippen molar-refractivity contribution in [2.75, 3.05) is 16.2 Å². The fourth-order valence-electron chi connectivity index (χ4n) is 2.87. The van der Waals surface area contributed by atoms with Crippen molar-refractivity contribution in [1.29, 1.82) is 0 Å². The number of fused-ring (bicyclic) bond motifs is 1. The molecule has 1 aliphatic heterocycles. The van der Waals surface area contributed by atoms with Gasteiger partial charge in [0.1, 0.15) is 4.21 Å². The van der Waals surface area contributed by atoms with Crippen LogP contribution in [0, 0.1) is 6.92 Å². The first kappa shape index (κ1) is 17.0. The van der Waals surface area contributed by atoms with Gasteiger partial charge >= 0.3 is 0 Å².